The lowest BCUT2D eigenvalue weighted by Crippen LogP contribution is -2.12. The van der Waals surface area contributed by atoms with E-state index in [1.54, 1.807) is 12.1 Å². The molecule has 1 aromatic heterocycles. The summed E-state index contributed by atoms with van der Waals surface area (Å²) in [6.45, 7) is -0.186. The van der Waals surface area contributed by atoms with Gasteiger partial charge in [-0.2, -0.15) is 0 Å². The van der Waals surface area contributed by atoms with Crippen LogP contribution < -0.4 is 9.46 Å². The van der Waals surface area contributed by atoms with E-state index in [1.807, 2.05) is 0 Å². The molecule has 0 aliphatic carbocycles. The highest BCUT2D eigenvalue weighted by Gasteiger charge is 2.17. The van der Waals surface area contributed by atoms with Gasteiger partial charge in [0.25, 0.3) is 10.0 Å². The second-order valence-electron chi connectivity index (χ2n) is 3.86. The first-order chi connectivity index (χ1) is 9.46. The van der Waals surface area contributed by atoms with Crippen molar-refractivity contribution in [1.29, 1.82) is 0 Å². The van der Waals surface area contributed by atoms with Gasteiger partial charge in [0, 0.05) is 16.3 Å². The molecule has 0 unspecified atom stereocenters. The number of aliphatic hydroxyl groups excluding tert-OH is 1. The third-order valence-electron chi connectivity index (χ3n) is 2.50. The van der Waals surface area contributed by atoms with Crippen molar-refractivity contribution in [2.24, 2.45) is 0 Å². The van der Waals surface area contributed by atoms with E-state index in [1.165, 1.54) is 36.0 Å². The van der Waals surface area contributed by atoms with Crippen LogP contribution in [0.2, 0.25) is 5.02 Å². The summed E-state index contributed by atoms with van der Waals surface area (Å²) < 4.78 is 31.8. The quantitative estimate of drug-likeness (QED) is 0.882. The van der Waals surface area contributed by atoms with Crippen LogP contribution in [0.3, 0.4) is 0 Å². The summed E-state index contributed by atoms with van der Waals surface area (Å²) >= 11 is 7.06. The van der Waals surface area contributed by atoms with Crippen molar-refractivity contribution in [3.05, 3.63) is 39.5 Å². The number of hydrogen-bond acceptors (Lipinski definition) is 5. The number of aliphatic hydroxyl groups is 1. The Balaban J connectivity index is 2.28. The summed E-state index contributed by atoms with van der Waals surface area (Å²) in [7, 11) is -2.24. The molecule has 2 aromatic rings. The maximum Gasteiger partial charge on any atom is 0.262 e. The summed E-state index contributed by atoms with van der Waals surface area (Å²) in [6, 6.07) is 6.02. The normalized spacial score (nSPS) is 11.3. The molecule has 0 saturated carbocycles. The van der Waals surface area contributed by atoms with Crippen LogP contribution in [0.1, 0.15) is 4.88 Å². The third-order valence-corrected chi connectivity index (χ3v) is 5.24. The van der Waals surface area contributed by atoms with Crippen molar-refractivity contribution in [3.63, 3.8) is 0 Å². The minimum Gasteiger partial charge on any atom is -0.495 e. The molecular weight excluding hydrogens is 322 g/mol. The summed E-state index contributed by atoms with van der Waals surface area (Å²) in [5, 5.41) is 10.8. The Kier molecular flexibility index (Phi) is 4.54. The monoisotopic (exact) mass is 333 g/mol. The van der Waals surface area contributed by atoms with E-state index in [-0.39, 0.29) is 11.5 Å². The molecule has 108 valence electrons. The highest BCUT2D eigenvalue weighted by molar-refractivity contribution is 7.92. The highest BCUT2D eigenvalue weighted by atomic mass is 35.5. The summed E-state index contributed by atoms with van der Waals surface area (Å²) in [5.41, 5.74) is 0.350. The summed E-state index contributed by atoms with van der Waals surface area (Å²) in [4.78, 5) is 0.694. The number of thiophene rings is 1. The first-order valence-electron chi connectivity index (χ1n) is 5.51. The van der Waals surface area contributed by atoms with Gasteiger partial charge in [-0.25, -0.2) is 8.42 Å². The lowest BCUT2D eigenvalue weighted by Gasteiger charge is -2.09. The molecule has 20 heavy (non-hydrogen) atoms. The van der Waals surface area contributed by atoms with E-state index in [2.05, 4.69) is 4.72 Å². The molecular formula is C12H12ClNO4S2. The fraction of sp³-hybridized carbons (Fsp3) is 0.167. The number of halogens is 1. The number of sulfonamides is 1. The molecule has 1 heterocycles. The average Bonchev–Trinajstić information content (AvgIpc) is 2.90. The van der Waals surface area contributed by atoms with Gasteiger partial charge in [-0.15, -0.1) is 11.3 Å². The largest absolute Gasteiger partial charge is 0.495 e. The molecule has 0 aliphatic rings. The minimum absolute atomic E-state index is 0.112. The van der Waals surface area contributed by atoms with Gasteiger partial charge in [0.2, 0.25) is 0 Å². The van der Waals surface area contributed by atoms with E-state index >= 15 is 0 Å². The Morgan fingerprint density at radius 1 is 1.40 bits per heavy atom. The van der Waals surface area contributed by atoms with Crippen molar-refractivity contribution in [2.75, 3.05) is 11.8 Å². The Bertz CT molecular complexity index is 712. The molecule has 2 N–H and O–H groups in total. The SMILES string of the molecule is COc1cc(NS(=O)(=O)c2csc(CO)c2)ccc1Cl. The topological polar surface area (TPSA) is 75.6 Å². The Labute approximate surface area is 125 Å². The number of rotatable bonds is 5. The number of anilines is 1. The number of benzene rings is 1. The maximum absolute atomic E-state index is 12.2. The zero-order chi connectivity index (χ0) is 14.8. The van der Waals surface area contributed by atoms with E-state index in [4.69, 9.17) is 21.4 Å². The van der Waals surface area contributed by atoms with Crippen LogP contribution in [0.15, 0.2) is 34.5 Å². The first-order valence-corrected chi connectivity index (χ1v) is 8.25. The van der Waals surface area contributed by atoms with Crippen molar-refractivity contribution >= 4 is 38.6 Å². The predicted octanol–water partition coefficient (Wildman–Crippen LogP) is 2.70. The molecule has 0 fully saturated rings. The molecule has 5 nitrogen and oxygen atoms in total. The van der Waals surface area contributed by atoms with Gasteiger partial charge < -0.3 is 9.84 Å². The summed E-state index contributed by atoms with van der Waals surface area (Å²) in [5.74, 6) is 0.383. The maximum atomic E-state index is 12.2. The lowest BCUT2D eigenvalue weighted by molar-refractivity contribution is 0.285. The molecule has 0 aliphatic heterocycles. The molecule has 8 heteroatoms. The van der Waals surface area contributed by atoms with Crippen molar-refractivity contribution in [3.8, 4) is 5.75 Å². The predicted molar refractivity (Wildman–Crippen MR) is 79.1 cm³/mol. The third kappa shape index (κ3) is 3.24. The number of hydrogen-bond donors (Lipinski definition) is 2. The van der Waals surface area contributed by atoms with Gasteiger partial charge in [-0.1, -0.05) is 11.6 Å². The zero-order valence-corrected chi connectivity index (χ0v) is 12.8. The van der Waals surface area contributed by atoms with Gasteiger partial charge in [0.15, 0.2) is 0 Å². The van der Waals surface area contributed by atoms with E-state index in [9.17, 15) is 8.42 Å². The molecule has 2 rings (SSSR count). The van der Waals surface area contributed by atoms with Crippen molar-refractivity contribution in [2.45, 2.75) is 11.5 Å². The molecule has 0 amide bonds. The van der Waals surface area contributed by atoms with Crippen LogP contribution in [0.25, 0.3) is 0 Å². The second kappa shape index (κ2) is 6.01. The van der Waals surface area contributed by atoms with Crippen LogP contribution in [-0.4, -0.2) is 20.6 Å². The first kappa shape index (κ1) is 15.1. The Morgan fingerprint density at radius 2 is 2.15 bits per heavy atom. The van der Waals surface area contributed by atoms with Gasteiger partial charge >= 0.3 is 0 Å². The van der Waals surface area contributed by atoms with Gasteiger partial charge in [0.05, 0.1) is 29.3 Å². The Hall–Kier alpha value is -1.28. The summed E-state index contributed by atoms with van der Waals surface area (Å²) in [6.07, 6.45) is 0. The smallest absolute Gasteiger partial charge is 0.262 e. The average molecular weight is 334 g/mol. The lowest BCUT2D eigenvalue weighted by atomic mass is 10.3. The number of nitrogens with one attached hydrogen (secondary N) is 1. The van der Waals surface area contributed by atoms with Crippen LogP contribution in [0.4, 0.5) is 5.69 Å². The number of methoxy groups -OCH3 is 1. The van der Waals surface area contributed by atoms with Crippen LogP contribution >= 0.6 is 22.9 Å². The molecule has 0 saturated heterocycles. The van der Waals surface area contributed by atoms with Crippen molar-refractivity contribution < 1.29 is 18.3 Å². The van der Waals surface area contributed by atoms with Crippen molar-refractivity contribution in [1.82, 2.24) is 0 Å². The van der Waals surface area contributed by atoms with Gasteiger partial charge in [-0.05, 0) is 18.2 Å². The molecule has 0 radical (unpaired) electrons. The fourth-order valence-electron chi connectivity index (χ4n) is 1.52. The highest BCUT2D eigenvalue weighted by Crippen LogP contribution is 2.29. The van der Waals surface area contributed by atoms with Crippen LogP contribution in [0, 0.1) is 0 Å². The number of ether oxygens (including phenoxy) is 1. The molecule has 0 spiro atoms. The molecule has 0 atom stereocenters. The molecule has 0 bridgehead atoms. The van der Waals surface area contributed by atoms with E-state index in [0.29, 0.717) is 21.3 Å². The minimum atomic E-state index is -3.69. The van der Waals surface area contributed by atoms with Crippen LogP contribution in [0.5, 0.6) is 5.75 Å². The van der Waals surface area contributed by atoms with Crippen LogP contribution in [-0.2, 0) is 16.6 Å². The fourth-order valence-corrected chi connectivity index (χ4v) is 3.90. The standard InChI is InChI=1S/C12H12ClNO4S2/c1-18-12-4-8(2-3-11(12)13)14-20(16,17)10-5-9(6-15)19-7-10/h2-5,7,14-15H,6H2,1H3. The van der Waals surface area contributed by atoms with E-state index in [0.717, 1.165) is 0 Å². The van der Waals surface area contributed by atoms with Gasteiger partial charge in [-0.3, -0.25) is 4.72 Å². The molecule has 1 aromatic carbocycles. The van der Waals surface area contributed by atoms with E-state index < -0.39 is 10.0 Å². The zero-order valence-electron chi connectivity index (χ0n) is 10.5. The Morgan fingerprint density at radius 3 is 2.75 bits per heavy atom. The second-order valence-corrected chi connectivity index (χ2v) is 6.95. The van der Waals surface area contributed by atoms with Gasteiger partial charge in [0.1, 0.15) is 5.75 Å².